The molecule has 3 N–H and O–H groups in total. The summed E-state index contributed by atoms with van der Waals surface area (Å²) >= 11 is 0. The van der Waals surface area contributed by atoms with Crippen molar-refractivity contribution in [2.24, 2.45) is 5.73 Å². The molecule has 6 rings (SSSR count). The number of rotatable bonds is 11. The molecule has 0 saturated carbocycles. The van der Waals surface area contributed by atoms with Crippen LogP contribution in [0, 0.1) is 0 Å². The first-order valence-electron chi connectivity index (χ1n) is 14.6. The number of fused-ring (bicyclic) bond motifs is 2. The molecule has 0 atom stereocenters. The predicted octanol–water partition coefficient (Wildman–Crippen LogP) is 5.77. The van der Waals surface area contributed by atoms with Crippen molar-refractivity contribution in [2.45, 2.75) is 45.3 Å². The molecule has 11 heteroatoms. The Labute approximate surface area is 261 Å². The number of benzene rings is 3. The van der Waals surface area contributed by atoms with Crippen LogP contribution in [0.3, 0.4) is 0 Å². The summed E-state index contributed by atoms with van der Waals surface area (Å²) in [5.74, 6) is -0.680. The van der Waals surface area contributed by atoms with Crippen LogP contribution >= 0.6 is 0 Å². The lowest BCUT2D eigenvalue weighted by Gasteiger charge is -2.15. The molecule has 6 aromatic rings. The molecule has 0 fully saturated rings. The number of carbonyl (C=O) groups is 1. The highest BCUT2D eigenvalue weighted by Gasteiger charge is 2.21. The van der Waals surface area contributed by atoms with E-state index in [1.807, 2.05) is 85.3 Å². The largest absolute Gasteiger partial charge is 0.454 e. The van der Waals surface area contributed by atoms with E-state index in [1.54, 1.807) is 35.2 Å². The molecule has 10 nitrogen and oxygen atoms in total. The monoisotopic (exact) mass is 622 g/mol. The van der Waals surface area contributed by atoms with Gasteiger partial charge < -0.3 is 19.6 Å². The minimum absolute atomic E-state index is 0.0170. The summed E-state index contributed by atoms with van der Waals surface area (Å²) < 4.78 is 38.5. The molecule has 0 saturated heterocycles. The van der Waals surface area contributed by atoms with Gasteiger partial charge in [0, 0.05) is 29.9 Å². The third kappa shape index (κ3) is 6.74. The fraction of sp³-hybridized carbons (Fsp3) is 0.206. The molecule has 0 radical (unpaired) electrons. The summed E-state index contributed by atoms with van der Waals surface area (Å²) in [6, 6.07) is 26.1. The van der Waals surface area contributed by atoms with Crippen molar-refractivity contribution in [3.8, 4) is 0 Å². The molecule has 0 spiro atoms. The van der Waals surface area contributed by atoms with E-state index in [0.717, 1.165) is 21.7 Å². The highest BCUT2D eigenvalue weighted by molar-refractivity contribution is 7.91. The number of nitrogens with two attached hydrogens (primary N) is 1. The average Bonchev–Trinajstić information content (AvgIpc) is 3.65. The molecular formula is C34H34N6O4S. The van der Waals surface area contributed by atoms with Gasteiger partial charge in [-0.1, -0.05) is 54.6 Å². The van der Waals surface area contributed by atoms with E-state index in [-0.39, 0.29) is 31.5 Å². The Kier molecular flexibility index (Phi) is 8.38. The quantitative estimate of drug-likeness (QED) is 0.175. The van der Waals surface area contributed by atoms with Gasteiger partial charge in [-0.25, -0.2) is 23.2 Å². The number of esters is 1. The second kappa shape index (κ2) is 12.5. The molecular weight excluding hydrogens is 588 g/mol. The van der Waals surface area contributed by atoms with Crippen molar-refractivity contribution in [3.05, 3.63) is 126 Å². The fourth-order valence-electron chi connectivity index (χ4n) is 5.32. The van der Waals surface area contributed by atoms with Crippen LogP contribution in [0.15, 0.2) is 97.5 Å². The summed E-state index contributed by atoms with van der Waals surface area (Å²) in [7, 11) is -3.70. The van der Waals surface area contributed by atoms with E-state index in [2.05, 4.69) is 9.71 Å². The van der Waals surface area contributed by atoms with Gasteiger partial charge in [0.2, 0.25) is 10.0 Å². The smallest absolute Gasteiger partial charge is 0.355 e. The van der Waals surface area contributed by atoms with Crippen LogP contribution in [0.25, 0.3) is 21.8 Å². The lowest BCUT2D eigenvalue weighted by Crippen LogP contribution is -2.16. The molecule has 0 bridgehead atoms. The van der Waals surface area contributed by atoms with E-state index < -0.39 is 16.0 Å². The fourth-order valence-corrected chi connectivity index (χ4v) is 6.50. The zero-order chi connectivity index (χ0) is 31.6. The summed E-state index contributed by atoms with van der Waals surface area (Å²) in [5, 5.41) is 2.52. The van der Waals surface area contributed by atoms with Crippen LogP contribution in [0.4, 0.5) is 5.69 Å². The third-order valence-electron chi connectivity index (χ3n) is 7.57. The number of pyridine rings is 1. The van der Waals surface area contributed by atoms with Gasteiger partial charge in [-0.15, -0.1) is 0 Å². The molecule has 3 aromatic carbocycles. The highest BCUT2D eigenvalue weighted by atomic mass is 32.2. The van der Waals surface area contributed by atoms with Gasteiger partial charge in [-0.05, 0) is 66.1 Å². The number of nitrogens with one attached hydrogen (secondary N) is 1. The number of carbonyl (C=O) groups excluding carboxylic acids is 1. The number of ether oxygens (including phenoxy) is 1. The molecule has 0 aliphatic heterocycles. The van der Waals surface area contributed by atoms with Crippen LogP contribution in [0.5, 0.6) is 0 Å². The lowest BCUT2D eigenvalue weighted by molar-refractivity contribution is 0.0456. The summed E-state index contributed by atoms with van der Waals surface area (Å²) in [6.45, 7) is 4.58. The predicted molar refractivity (Wildman–Crippen MR) is 175 cm³/mol. The van der Waals surface area contributed by atoms with Crippen molar-refractivity contribution < 1.29 is 17.9 Å². The summed E-state index contributed by atoms with van der Waals surface area (Å²) in [4.78, 5) is 22.7. The van der Waals surface area contributed by atoms with Gasteiger partial charge in [0.15, 0.2) is 0 Å². The Morgan fingerprint density at radius 2 is 1.73 bits per heavy atom. The number of anilines is 1. The number of imidazole rings is 1. The van der Waals surface area contributed by atoms with Crippen molar-refractivity contribution in [2.75, 3.05) is 4.72 Å². The Morgan fingerprint density at radius 3 is 2.49 bits per heavy atom. The highest BCUT2D eigenvalue weighted by Crippen LogP contribution is 2.29. The van der Waals surface area contributed by atoms with Crippen molar-refractivity contribution >= 4 is 43.5 Å². The first-order valence-corrected chi connectivity index (χ1v) is 16.3. The molecule has 3 aromatic heterocycles. The van der Waals surface area contributed by atoms with Crippen molar-refractivity contribution in [3.63, 3.8) is 0 Å². The molecule has 230 valence electrons. The average molecular weight is 623 g/mol. The maximum atomic E-state index is 13.6. The van der Waals surface area contributed by atoms with E-state index in [0.29, 0.717) is 34.0 Å². The Balaban J connectivity index is 1.36. The van der Waals surface area contributed by atoms with E-state index in [1.165, 1.54) is 0 Å². The number of aromatic nitrogens is 4. The van der Waals surface area contributed by atoms with Crippen LogP contribution in [0.2, 0.25) is 0 Å². The van der Waals surface area contributed by atoms with Crippen LogP contribution < -0.4 is 10.5 Å². The van der Waals surface area contributed by atoms with E-state index >= 15 is 0 Å². The number of nitrogens with zero attached hydrogens (tertiary/aromatic N) is 4. The normalized spacial score (nSPS) is 11.8. The minimum Gasteiger partial charge on any atom is -0.454 e. The maximum absolute atomic E-state index is 13.6. The van der Waals surface area contributed by atoms with Gasteiger partial charge in [-0.3, -0.25) is 4.72 Å². The SMILES string of the molecule is CC(C)n1cnc(COC(=O)c2cc3ccc(CN)nc3n2Cc2cc(NS(=O)(=O)Cc3ccccc3)cc3ccccc23)c1. The molecule has 3 heterocycles. The van der Waals surface area contributed by atoms with Crippen molar-refractivity contribution in [1.82, 2.24) is 19.1 Å². The molecule has 0 amide bonds. The second-order valence-corrected chi connectivity index (χ2v) is 12.9. The lowest BCUT2D eigenvalue weighted by atomic mass is 10.0. The first kappa shape index (κ1) is 30.0. The Morgan fingerprint density at radius 1 is 0.956 bits per heavy atom. The molecule has 45 heavy (non-hydrogen) atoms. The first-order chi connectivity index (χ1) is 21.7. The number of sulfonamides is 1. The van der Waals surface area contributed by atoms with Crippen molar-refractivity contribution in [1.29, 1.82) is 0 Å². The van der Waals surface area contributed by atoms with E-state index in [4.69, 9.17) is 15.5 Å². The van der Waals surface area contributed by atoms with Gasteiger partial charge in [0.25, 0.3) is 0 Å². The zero-order valence-corrected chi connectivity index (χ0v) is 25.9. The Bertz CT molecular complexity index is 2100. The van der Waals surface area contributed by atoms with Crippen LogP contribution in [-0.2, 0) is 40.2 Å². The maximum Gasteiger partial charge on any atom is 0.355 e. The Hall–Kier alpha value is -5.00. The molecule has 0 aliphatic carbocycles. The number of hydrogen-bond acceptors (Lipinski definition) is 7. The molecule has 0 unspecified atom stereocenters. The minimum atomic E-state index is -3.70. The second-order valence-electron chi connectivity index (χ2n) is 11.2. The van der Waals surface area contributed by atoms with Gasteiger partial charge in [0.05, 0.1) is 30.0 Å². The van der Waals surface area contributed by atoms with Gasteiger partial charge >= 0.3 is 5.97 Å². The molecule has 0 aliphatic rings. The van der Waals surface area contributed by atoms with Crippen LogP contribution in [0.1, 0.15) is 52.9 Å². The summed E-state index contributed by atoms with van der Waals surface area (Å²) in [5.41, 5.74) is 10.0. The van der Waals surface area contributed by atoms with Gasteiger partial charge in [0.1, 0.15) is 17.9 Å². The van der Waals surface area contributed by atoms with E-state index in [9.17, 15) is 13.2 Å². The topological polar surface area (TPSA) is 134 Å². The summed E-state index contributed by atoms with van der Waals surface area (Å²) in [6.07, 6.45) is 3.58. The standard InChI is InChI=1S/C34H34N6O4S/c1-23(2)39-19-30(36-22-39)20-44-34(41)32-16-26-12-13-28(17-35)37-33(26)40(32)18-27-15-29(14-25-10-6-7-11-31(25)27)38-45(42,43)21-24-8-4-3-5-9-24/h3-16,19,22-23,38H,17-18,20-21,35H2,1-2H3. The number of hydrogen-bond donors (Lipinski definition) is 2. The third-order valence-corrected chi connectivity index (χ3v) is 8.83. The zero-order valence-electron chi connectivity index (χ0n) is 25.1. The van der Waals surface area contributed by atoms with Gasteiger partial charge in [-0.2, -0.15) is 0 Å². The van der Waals surface area contributed by atoms with Crippen LogP contribution in [-0.4, -0.2) is 33.5 Å².